The fourth-order valence-corrected chi connectivity index (χ4v) is 2.94. The summed E-state index contributed by atoms with van der Waals surface area (Å²) in [5.41, 5.74) is 1.69. The van der Waals surface area contributed by atoms with Crippen molar-refractivity contribution < 1.29 is 14.3 Å². The molecule has 0 aliphatic carbocycles. The van der Waals surface area contributed by atoms with Gasteiger partial charge in [-0.15, -0.1) is 0 Å². The second-order valence-corrected chi connectivity index (χ2v) is 7.93. The van der Waals surface area contributed by atoms with Crippen molar-refractivity contribution in [3.05, 3.63) is 84.3 Å². The number of nitrogens with zero attached hydrogens (tertiary/aromatic N) is 3. The van der Waals surface area contributed by atoms with Crippen molar-refractivity contribution in [3.8, 4) is 5.75 Å². The second-order valence-electron chi connectivity index (χ2n) is 7.93. The minimum Gasteiger partial charge on any atom is -0.482 e. The highest BCUT2D eigenvalue weighted by atomic mass is 16.6. The van der Waals surface area contributed by atoms with Crippen LogP contribution in [0, 0.1) is 0 Å². The fourth-order valence-electron chi connectivity index (χ4n) is 2.94. The molecule has 0 aliphatic rings. The number of anilines is 1. The van der Waals surface area contributed by atoms with E-state index in [0.717, 1.165) is 11.4 Å². The first kappa shape index (κ1) is 21.3. The molecule has 6 heteroatoms. The van der Waals surface area contributed by atoms with Crippen LogP contribution in [0.15, 0.2) is 73.2 Å². The maximum Gasteiger partial charge on any atom is 0.344 e. The zero-order chi connectivity index (χ0) is 21.4. The van der Waals surface area contributed by atoms with Gasteiger partial charge >= 0.3 is 5.97 Å². The first-order valence-corrected chi connectivity index (χ1v) is 9.87. The molecule has 156 valence electrons. The highest BCUT2D eigenvalue weighted by molar-refractivity contribution is 5.71. The zero-order valence-electron chi connectivity index (χ0n) is 17.6. The van der Waals surface area contributed by atoms with Crippen LogP contribution in [0.25, 0.3) is 0 Å². The summed E-state index contributed by atoms with van der Waals surface area (Å²) in [6, 6.07) is 17.9. The van der Waals surface area contributed by atoms with Crippen LogP contribution in [-0.4, -0.2) is 28.1 Å². The van der Waals surface area contributed by atoms with E-state index in [0.29, 0.717) is 18.8 Å². The summed E-state index contributed by atoms with van der Waals surface area (Å²) in [6.07, 6.45) is 5.11. The lowest BCUT2D eigenvalue weighted by Gasteiger charge is -2.24. The normalized spacial score (nSPS) is 11.0. The van der Waals surface area contributed by atoms with Crippen molar-refractivity contribution >= 4 is 11.8 Å². The van der Waals surface area contributed by atoms with E-state index in [1.165, 1.54) is 5.56 Å². The highest BCUT2D eigenvalue weighted by Crippen LogP contribution is 2.20. The standard InChI is InChI=1S/C24H27N3O3/c1-24(2,3)30-23(28)18-29-21-11-7-10-20(14-21)17-27(22-15-25-12-13-26-22)16-19-8-5-4-6-9-19/h4-15H,16-18H2,1-3H3. The Bertz CT molecular complexity index is 941. The van der Waals surface area contributed by atoms with Gasteiger partial charge < -0.3 is 14.4 Å². The van der Waals surface area contributed by atoms with Gasteiger partial charge in [-0.1, -0.05) is 42.5 Å². The van der Waals surface area contributed by atoms with Gasteiger partial charge in [-0.3, -0.25) is 4.98 Å². The lowest BCUT2D eigenvalue weighted by molar-refractivity contribution is -0.157. The predicted octanol–water partition coefficient (Wildman–Crippen LogP) is 4.40. The van der Waals surface area contributed by atoms with Crippen molar-refractivity contribution in [2.75, 3.05) is 11.5 Å². The third-order valence-corrected chi connectivity index (χ3v) is 4.14. The zero-order valence-corrected chi connectivity index (χ0v) is 17.6. The molecule has 0 spiro atoms. The molecule has 3 rings (SSSR count). The van der Waals surface area contributed by atoms with Crippen LogP contribution in [0.2, 0.25) is 0 Å². The lowest BCUT2D eigenvalue weighted by atomic mass is 10.1. The van der Waals surface area contributed by atoms with E-state index in [4.69, 9.17) is 9.47 Å². The average Bonchev–Trinajstić information content (AvgIpc) is 2.72. The molecule has 0 saturated carbocycles. The Morgan fingerprint density at radius 2 is 1.70 bits per heavy atom. The molecule has 0 bridgehead atoms. The van der Waals surface area contributed by atoms with Crippen molar-refractivity contribution in [1.29, 1.82) is 0 Å². The molecular formula is C24H27N3O3. The van der Waals surface area contributed by atoms with Gasteiger partial charge in [0.2, 0.25) is 0 Å². The van der Waals surface area contributed by atoms with E-state index in [9.17, 15) is 4.79 Å². The summed E-state index contributed by atoms with van der Waals surface area (Å²) < 4.78 is 10.9. The number of carbonyl (C=O) groups excluding carboxylic acids is 1. The van der Waals surface area contributed by atoms with Gasteiger partial charge in [-0.25, -0.2) is 9.78 Å². The Kier molecular flexibility index (Phi) is 7.01. The smallest absolute Gasteiger partial charge is 0.344 e. The second kappa shape index (κ2) is 9.87. The molecule has 0 amide bonds. The summed E-state index contributed by atoms with van der Waals surface area (Å²) in [6.45, 7) is 6.69. The monoisotopic (exact) mass is 405 g/mol. The van der Waals surface area contributed by atoms with Gasteiger partial charge in [-0.05, 0) is 44.0 Å². The van der Waals surface area contributed by atoms with E-state index in [1.807, 2.05) is 63.2 Å². The largest absolute Gasteiger partial charge is 0.482 e. The number of ether oxygens (including phenoxy) is 2. The number of aromatic nitrogens is 2. The Balaban J connectivity index is 1.70. The Morgan fingerprint density at radius 1 is 0.967 bits per heavy atom. The van der Waals surface area contributed by atoms with E-state index < -0.39 is 11.6 Å². The van der Waals surface area contributed by atoms with Crippen LogP contribution in [0.5, 0.6) is 5.75 Å². The topological polar surface area (TPSA) is 64.6 Å². The quantitative estimate of drug-likeness (QED) is 0.518. The molecule has 3 aromatic rings. The van der Waals surface area contributed by atoms with Crippen LogP contribution in [0.1, 0.15) is 31.9 Å². The number of benzene rings is 2. The molecule has 0 unspecified atom stereocenters. The number of rotatable bonds is 8. The molecule has 2 aromatic carbocycles. The first-order chi connectivity index (χ1) is 14.4. The van der Waals surface area contributed by atoms with E-state index in [-0.39, 0.29) is 6.61 Å². The minimum atomic E-state index is -0.531. The molecular weight excluding hydrogens is 378 g/mol. The lowest BCUT2D eigenvalue weighted by Crippen LogP contribution is -2.27. The van der Waals surface area contributed by atoms with E-state index >= 15 is 0 Å². The molecule has 0 atom stereocenters. The van der Waals surface area contributed by atoms with Crippen LogP contribution in [0.4, 0.5) is 5.82 Å². The van der Waals surface area contributed by atoms with E-state index in [2.05, 4.69) is 27.0 Å². The van der Waals surface area contributed by atoms with Gasteiger partial charge in [0.1, 0.15) is 17.2 Å². The molecule has 0 N–H and O–H groups in total. The molecule has 0 radical (unpaired) electrons. The molecule has 1 heterocycles. The molecule has 30 heavy (non-hydrogen) atoms. The Labute approximate surface area is 177 Å². The highest BCUT2D eigenvalue weighted by Gasteiger charge is 2.17. The van der Waals surface area contributed by atoms with Gasteiger partial charge in [0.25, 0.3) is 0 Å². The van der Waals surface area contributed by atoms with Gasteiger partial charge in [0, 0.05) is 25.5 Å². The summed E-state index contributed by atoms with van der Waals surface area (Å²) in [5, 5.41) is 0. The third-order valence-electron chi connectivity index (χ3n) is 4.14. The van der Waals surface area contributed by atoms with Crippen LogP contribution in [0.3, 0.4) is 0 Å². The maximum atomic E-state index is 11.9. The van der Waals surface area contributed by atoms with E-state index in [1.54, 1.807) is 18.6 Å². The SMILES string of the molecule is CC(C)(C)OC(=O)COc1cccc(CN(Cc2ccccc2)c2cnccn2)c1. The summed E-state index contributed by atoms with van der Waals surface area (Å²) in [4.78, 5) is 22.7. The average molecular weight is 405 g/mol. The van der Waals surface area contributed by atoms with Gasteiger partial charge in [-0.2, -0.15) is 0 Å². The molecule has 6 nitrogen and oxygen atoms in total. The number of hydrogen-bond acceptors (Lipinski definition) is 6. The number of esters is 1. The van der Waals surface area contributed by atoms with Crippen LogP contribution < -0.4 is 9.64 Å². The number of hydrogen-bond donors (Lipinski definition) is 0. The fraction of sp³-hybridized carbons (Fsp3) is 0.292. The Morgan fingerprint density at radius 3 is 2.40 bits per heavy atom. The summed E-state index contributed by atoms with van der Waals surface area (Å²) in [7, 11) is 0. The van der Waals surface area contributed by atoms with Crippen LogP contribution in [-0.2, 0) is 22.6 Å². The Hall–Kier alpha value is -3.41. The van der Waals surface area contributed by atoms with Crippen LogP contribution >= 0.6 is 0 Å². The summed E-state index contributed by atoms with van der Waals surface area (Å²) >= 11 is 0. The molecule has 1 aromatic heterocycles. The molecule has 0 aliphatic heterocycles. The van der Waals surface area contributed by atoms with Gasteiger partial charge in [0.05, 0.1) is 6.20 Å². The minimum absolute atomic E-state index is 0.126. The summed E-state index contributed by atoms with van der Waals surface area (Å²) in [5.74, 6) is 1.02. The van der Waals surface area contributed by atoms with Crippen molar-refractivity contribution in [2.24, 2.45) is 0 Å². The van der Waals surface area contributed by atoms with Gasteiger partial charge in [0.15, 0.2) is 6.61 Å². The maximum absolute atomic E-state index is 11.9. The molecule has 0 fully saturated rings. The molecule has 0 saturated heterocycles. The predicted molar refractivity (Wildman–Crippen MR) is 116 cm³/mol. The first-order valence-electron chi connectivity index (χ1n) is 9.87. The van der Waals surface area contributed by atoms with Crippen molar-refractivity contribution in [2.45, 2.75) is 39.5 Å². The third kappa shape index (κ3) is 6.88. The number of carbonyl (C=O) groups is 1. The van der Waals surface area contributed by atoms with Crippen molar-refractivity contribution in [3.63, 3.8) is 0 Å². The van der Waals surface area contributed by atoms with Crippen molar-refractivity contribution in [1.82, 2.24) is 9.97 Å².